The second-order valence-corrected chi connectivity index (χ2v) is 7.78. The molecule has 8 heteroatoms. The lowest BCUT2D eigenvalue weighted by atomic mass is 9.98. The van der Waals surface area contributed by atoms with E-state index < -0.39 is 11.9 Å². The monoisotopic (exact) mass is 399 g/mol. The Morgan fingerprint density at radius 3 is 2.79 bits per heavy atom. The number of carbonyl (C=O) groups excluding carboxylic acids is 1. The topological polar surface area (TPSA) is 90.7 Å². The molecule has 4 unspecified atom stereocenters. The highest BCUT2D eigenvalue weighted by atomic mass is 35.5. The maximum absolute atomic E-state index is 14.6. The van der Waals surface area contributed by atoms with Crippen molar-refractivity contribution in [2.75, 3.05) is 0 Å². The molecule has 2 fully saturated rings. The molecule has 144 valence electrons. The second kappa shape index (κ2) is 7.82. The van der Waals surface area contributed by atoms with Crippen molar-refractivity contribution in [3.63, 3.8) is 0 Å². The predicted molar refractivity (Wildman–Crippen MR) is 102 cm³/mol. The van der Waals surface area contributed by atoms with Gasteiger partial charge in [-0.2, -0.15) is 5.26 Å². The summed E-state index contributed by atoms with van der Waals surface area (Å²) in [4.78, 5) is 20.6. The van der Waals surface area contributed by atoms with E-state index in [1.165, 1.54) is 18.5 Å². The third-order valence-electron chi connectivity index (χ3n) is 5.47. The van der Waals surface area contributed by atoms with E-state index in [9.17, 15) is 14.4 Å². The maximum Gasteiger partial charge on any atom is 0.238 e. The number of amides is 1. The van der Waals surface area contributed by atoms with Gasteiger partial charge in [0.05, 0.1) is 17.1 Å². The Bertz CT molecular complexity index is 929. The number of benzene rings is 1. The van der Waals surface area contributed by atoms with E-state index in [0.717, 1.165) is 19.3 Å². The summed E-state index contributed by atoms with van der Waals surface area (Å²) in [5.41, 5.74) is 0.868. The Hall–Kier alpha value is -2.56. The fraction of sp³-hybridized carbons (Fsp3) is 0.400. The highest BCUT2D eigenvalue weighted by Crippen LogP contribution is 2.35. The van der Waals surface area contributed by atoms with E-state index in [0.29, 0.717) is 33.9 Å². The zero-order chi connectivity index (χ0) is 19.7. The van der Waals surface area contributed by atoms with Crippen LogP contribution in [0.2, 0.25) is 5.02 Å². The number of hydrogen-bond acceptors (Lipinski definition) is 5. The van der Waals surface area contributed by atoms with Crippen molar-refractivity contribution in [1.29, 1.82) is 5.26 Å². The van der Waals surface area contributed by atoms with E-state index in [1.807, 2.05) is 0 Å². The number of hydrogen-bond donors (Lipinski definition) is 2. The molecular formula is C20H19ClFN5O. The van der Waals surface area contributed by atoms with Crippen LogP contribution in [-0.4, -0.2) is 34.0 Å². The van der Waals surface area contributed by atoms with Crippen LogP contribution in [0.4, 0.5) is 4.39 Å². The molecule has 2 aliphatic rings. The van der Waals surface area contributed by atoms with Crippen LogP contribution in [0.3, 0.4) is 0 Å². The minimum absolute atomic E-state index is 0.0939. The molecule has 2 heterocycles. The van der Waals surface area contributed by atoms with Crippen molar-refractivity contribution in [2.45, 2.75) is 43.8 Å². The molecule has 1 aliphatic carbocycles. The summed E-state index contributed by atoms with van der Waals surface area (Å²) in [6.45, 7) is 0. The summed E-state index contributed by atoms with van der Waals surface area (Å²) in [6.07, 6.45) is 6.14. The number of aromatic nitrogens is 2. The molecule has 6 nitrogen and oxygen atoms in total. The van der Waals surface area contributed by atoms with Crippen LogP contribution in [0.25, 0.3) is 11.4 Å². The number of nitrogens with zero attached hydrogens (tertiary/aromatic N) is 3. The van der Waals surface area contributed by atoms with E-state index >= 15 is 0 Å². The molecule has 1 saturated heterocycles. The van der Waals surface area contributed by atoms with Crippen LogP contribution in [0.15, 0.2) is 30.6 Å². The van der Waals surface area contributed by atoms with Crippen molar-refractivity contribution < 1.29 is 9.18 Å². The first-order valence-corrected chi connectivity index (χ1v) is 9.63. The Balaban J connectivity index is 1.42. The Kier molecular flexibility index (Phi) is 5.25. The van der Waals surface area contributed by atoms with Gasteiger partial charge in [-0.15, -0.1) is 0 Å². The molecule has 0 spiro atoms. The van der Waals surface area contributed by atoms with Crippen LogP contribution >= 0.6 is 11.6 Å². The lowest BCUT2D eigenvalue weighted by Gasteiger charge is -2.23. The summed E-state index contributed by atoms with van der Waals surface area (Å²) < 4.78 is 14.6. The van der Waals surface area contributed by atoms with Gasteiger partial charge in [0.15, 0.2) is 5.82 Å². The molecule has 2 aromatic rings. The molecule has 1 aromatic carbocycles. The molecule has 1 aliphatic heterocycles. The molecule has 4 rings (SSSR count). The Morgan fingerprint density at radius 1 is 1.39 bits per heavy atom. The summed E-state index contributed by atoms with van der Waals surface area (Å²) in [7, 11) is 0. The molecule has 28 heavy (non-hydrogen) atoms. The van der Waals surface area contributed by atoms with E-state index in [1.54, 1.807) is 12.1 Å². The number of fused-ring (bicyclic) bond motifs is 2. The number of piperidine rings is 1. The van der Waals surface area contributed by atoms with Crippen molar-refractivity contribution in [1.82, 2.24) is 20.6 Å². The Labute approximate surface area is 167 Å². The van der Waals surface area contributed by atoms with Crippen molar-refractivity contribution in [2.24, 2.45) is 5.92 Å². The molecule has 1 aromatic heterocycles. The highest BCUT2D eigenvalue weighted by Gasteiger charge is 2.43. The smallest absolute Gasteiger partial charge is 0.238 e. The van der Waals surface area contributed by atoms with Crippen molar-refractivity contribution in [3.05, 3.63) is 47.0 Å². The van der Waals surface area contributed by atoms with Crippen LogP contribution in [0, 0.1) is 23.1 Å². The third kappa shape index (κ3) is 3.84. The average Bonchev–Trinajstić information content (AvgIpc) is 3.33. The zero-order valence-corrected chi connectivity index (χ0v) is 15.8. The molecular weight excluding hydrogens is 381 g/mol. The third-order valence-corrected chi connectivity index (χ3v) is 5.67. The van der Waals surface area contributed by atoms with Gasteiger partial charge in [0.2, 0.25) is 5.91 Å². The predicted octanol–water partition coefficient (Wildman–Crippen LogP) is 2.63. The minimum Gasteiger partial charge on any atom is -0.339 e. The zero-order valence-electron chi connectivity index (χ0n) is 15.0. The van der Waals surface area contributed by atoms with Gasteiger partial charge in [-0.25, -0.2) is 14.4 Å². The van der Waals surface area contributed by atoms with Crippen molar-refractivity contribution >= 4 is 17.5 Å². The summed E-state index contributed by atoms with van der Waals surface area (Å²) >= 11 is 5.77. The van der Waals surface area contributed by atoms with Gasteiger partial charge in [0, 0.05) is 30.4 Å². The van der Waals surface area contributed by atoms with Crippen LogP contribution in [0.1, 0.15) is 24.8 Å². The number of nitrogens with one attached hydrogen (secondary N) is 2. The molecule has 0 radical (unpaired) electrons. The average molecular weight is 400 g/mol. The normalized spacial score (nSPS) is 24.0. The van der Waals surface area contributed by atoms with E-state index in [2.05, 4.69) is 26.7 Å². The molecule has 2 N–H and O–H groups in total. The summed E-state index contributed by atoms with van der Waals surface area (Å²) in [5.74, 6) is 0.0519. The van der Waals surface area contributed by atoms with Gasteiger partial charge < -0.3 is 10.6 Å². The first kappa shape index (κ1) is 18.8. The number of rotatable bonds is 5. The van der Waals surface area contributed by atoms with Gasteiger partial charge in [0.25, 0.3) is 0 Å². The summed E-state index contributed by atoms with van der Waals surface area (Å²) in [5, 5.41) is 15.9. The molecule has 1 amide bonds. The standard InChI is InChI=1S/C20H19ClFN5O/c21-14-9-24-19(25-10-14)13-2-1-11(17(22)7-13)5-16(8-23)27-20(28)18-12-3-4-15(6-12)26-18/h1-2,7,9-10,12,15-16,18,26H,3-6H2,(H,27,28). The van der Waals surface area contributed by atoms with Gasteiger partial charge in [-0.1, -0.05) is 23.7 Å². The fourth-order valence-corrected chi connectivity index (χ4v) is 4.17. The highest BCUT2D eigenvalue weighted by molar-refractivity contribution is 6.30. The molecule has 1 saturated carbocycles. The largest absolute Gasteiger partial charge is 0.339 e. The lowest BCUT2D eigenvalue weighted by molar-refractivity contribution is -0.124. The maximum atomic E-state index is 14.6. The van der Waals surface area contributed by atoms with E-state index in [-0.39, 0.29) is 18.4 Å². The van der Waals surface area contributed by atoms with Crippen molar-refractivity contribution in [3.8, 4) is 17.5 Å². The van der Waals surface area contributed by atoms with Crippen LogP contribution in [0.5, 0.6) is 0 Å². The number of carbonyl (C=O) groups is 1. The van der Waals surface area contributed by atoms with Gasteiger partial charge in [-0.3, -0.25) is 4.79 Å². The SMILES string of the molecule is N#CC(Cc1ccc(-c2ncc(Cl)cn2)cc1F)NC(=O)C1NC2CCC1C2. The molecule has 2 bridgehead atoms. The van der Waals surface area contributed by atoms with Crippen LogP contribution in [-0.2, 0) is 11.2 Å². The van der Waals surface area contributed by atoms with Crippen LogP contribution < -0.4 is 10.6 Å². The van der Waals surface area contributed by atoms with Gasteiger partial charge in [-0.05, 0) is 36.8 Å². The molecule has 4 atom stereocenters. The first-order valence-electron chi connectivity index (χ1n) is 9.26. The Morgan fingerprint density at radius 2 is 2.18 bits per heavy atom. The quantitative estimate of drug-likeness (QED) is 0.806. The second-order valence-electron chi connectivity index (χ2n) is 7.34. The summed E-state index contributed by atoms with van der Waals surface area (Å²) in [6, 6.07) is 6.04. The van der Waals surface area contributed by atoms with Gasteiger partial charge >= 0.3 is 0 Å². The van der Waals surface area contributed by atoms with E-state index in [4.69, 9.17) is 11.6 Å². The number of halogens is 2. The van der Waals surface area contributed by atoms with Gasteiger partial charge in [0.1, 0.15) is 11.9 Å². The number of nitriles is 1. The lowest BCUT2D eigenvalue weighted by Crippen LogP contribution is -2.50. The fourth-order valence-electron chi connectivity index (χ4n) is 4.07. The minimum atomic E-state index is -0.791. The first-order chi connectivity index (χ1) is 13.5.